The lowest BCUT2D eigenvalue weighted by molar-refractivity contribution is -0.120. The Morgan fingerprint density at radius 3 is 2.55 bits per heavy atom. The van der Waals surface area contributed by atoms with E-state index in [4.69, 9.17) is 0 Å². The molecule has 1 N–H and O–H groups in total. The van der Waals surface area contributed by atoms with Crippen molar-refractivity contribution >= 4 is 32.4 Å². The molecule has 0 radical (unpaired) electrons. The van der Waals surface area contributed by atoms with Crippen molar-refractivity contribution in [2.24, 2.45) is 5.92 Å². The SMILES string of the molecule is CS(=O)(=O)N1CCC[C@H](C(=O)Nc2nc(-c3ccc(Cc4ccccc4)cc3)cs2)C1. The minimum Gasteiger partial charge on any atom is -0.302 e. The molecule has 8 heteroatoms. The zero-order chi connectivity index (χ0) is 21.8. The van der Waals surface area contributed by atoms with Crippen LogP contribution in [0.15, 0.2) is 60.0 Å². The fourth-order valence-electron chi connectivity index (χ4n) is 3.75. The van der Waals surface area contributed by atoms with Crippen LogP contribution in [0.5, 0.6) is 0 Å². The van der Waals surface area contributed by atoms with Gasteiger partial charge in [-0.3, -0.25) is 4.79 Å². The second-order valence-corrected chi connectivity index (χ2v) is 10.7. The maximum atomic E-state index is 12.6. The second-order valence-electron chi connectivity index (χ2n) is 7.85. The third kappa shape index (κ3) is 5.58. The molecule has 0 bridgehead atoms. The molecule has 0 spiro atoms. The number of nitrogens with zero attached hydrogens (tertiary/aromatic N) is 2. The maximum absolute atomic E-state index is 12.6. The molecule has 0 unspecified atom stereocenters. The van der Waals surface area contributed by atoms with E-state index in [2.05, 4.69) is 34.6 Å². The van der Waals surface area contributed by atoms with Crippen molar-refractivity contribution in [3.63, 3.8) is 0 Å². The van der Waals surface area contributed by atoms with Gasteiger partial charge in [0, 0.05) is 24.0 Å². The van der Waals surface area contributed by atoms with Crippen LogP contribution in [0.2, 0.25) is 0 Å². The summed E-state index contributed by atoms with van der Waals surface area (Å²) < 4.78 is 24.9. The molecule has 1 fully saturated rings. The number of carbonyl (C=O) groups excluding carboxylic acids is 1. The fourth-order valence-corrected chi connectivity index (χ4v) is 5.39. The van der Waals surface area contributed by atoms with Gasteiger partial charge in [0.15, 0.2) is 5.13 Å². The highest BCUT2D eigenvalue weighted by Gasteiger charge is 2.30. The Hall–Kier alpha value is -2.55. The first-order valence-electron chi connectivity index (χ1n) is 10.2. The van der Waals surface area contributed by atoms with Gasteiger partial charge in [-0.15, -0.1) is 11.3 Å². The summed E-state index contributed by atoms with van der Waals surface area (Å²) in [6, 6.07) is 18.6. The van der Waals surface area contributed by atoms with Crippen molar-refractivity contribution in [1.29, 1.82) is 0 Å². The van der Waals surface area contributed by atoms with Gasteiger partial charge in [-0.2, -0.15) is 0 Å². The highest BCUT2D eigenvalue weighted by Crippen LogP contribution is 2.27. The van der Waals surface area contributed by atoms with Crippen LogP contribution in [0.25, 0.3) is 11.3 Å². The van der Waals surface area contributed by atoms with Gasteiger partial charge in [0.1, 0.15) is 0 Å². The molecule has 2 heterocycles. The Morgan fingerprint density at radius 1 is 1.13 bits per heavy atom. The number of thiazole rings is 1. The van der Waals surface area contributed by atoms with Crippen LogP contribution in [-0.2, 0) is 21.2 Å². The normalized spacial score (nSPS) is 17.4. The number of benzene rings is 2. The van der Waals surface area contributed by atoms with Crippen LogP contribution >= 0.6 is 11.3 Å². The number of hydrogen-bond donors (Lipinski definition) is 1. The predicted octanol–water partition coefficient (Wildman–Crippen LogP) is 4.01. The molecule has 2 aromatic carbocycles. The Morgan fingerprint density at radius 2 is 1.84 bits per heavy atom. The highest BCUT2D eigenvalue weighted by atomic mass is 32.2. The number of anilines is 1. The van der Waals surface area contributed by atoms with E-state index in [1.807, 2.05) is 35.7 Å². The van der Waals surface area contributed by atoms with Crippen molar-refractivity contribution in [2.45, 2.75) is 19.3 Å². The summed E-state index contributed by atoms with van der Waals surface area (Å²) in [6.07, 6.45) is 3.43. The molecule has 1 aliphatic heterocycles. The van der Waals surface area contributed by atoms with Gasteiger partial charge in [0.2, 0.25) is 15.9 Å². The first kappa shape index (κ1) is 21.7. The van der Waals surface area contributed by atoms with E-state index in [-0.39, 0.29) is 18.4 Å². The number of nitrogens with one attached hydrogen (secondary N) is 1. The first-order chi connectivity index (χ1) is 14.9. The van der Waals surface area contributed by atoms with Crippen LogP contribution in [0.3, 0.4) is 0 Å². The molecule has 1 amide bonds. The number of sulfonamides is 1. The summed E-state index contributed by atoms with van der Waals surface area (Å²) in [6.45, 7) is 0.704. The van der Waals surface area contributed by atoms with Crippen molar-refractivity contribution in [1.82, 2.24) is 9.29 Å². The first-order valence-corrected chi connectivity index (χ1v) is 13.0. The zero-order valence-electron chi connectivity index (χ0n) is 17.3. The summed E-state index contributed by atoms with van der Waals surface area (Å²) in [4.78, 5) is 17.2. The van der Waals surface area contributed by atoms with Gasteiger partial charge in [0.25, 0.3) is 0 Å². The third-order valence-electron chi connectivity index (χ3n) is 5.46. The number of amides is 1. The van der Waals surface area contributed by atoms with E-state index in [9.17, 15) is 13.2 Å². The molecule has 31 heavy (non-hydrogen) atoms. The molecular weight excluding hydrogens is 430 g/mol. The van der Waals surface area contributed by atoms with Crippen LogP contribution in [0.4, 0.5) is 5.13 Å². The Balaban J connectivity index is 1.38. The molecular formula is C23H25N3O3S2. The molecule has 162 valence electrons. The van der Waals surface area contributed by atoms with Crippen LogP contribution in [0, 0.1) is 5.92 Å². The lowest BCUT2D eigenvalue weighted by Gasteiger charge is -2.29. The molecule has 3 aromatic rings. The molecule has 1 saturated heterocycles. The average molecular weight is 456 g/mol. The number of aromatic nitrogens is 1. The van der Waals surface area contributed by atoms with Crippen molar-refractivity contribution in [3.8, 4) is 11.3 Å². The lowest BCUT2D eigenvalue weighted by Crippen LogP contribution is -2.43. The van der Waals surface area contributed by atoms with E-state index in [0.29, 0.717) is 24.5 Å². The summed E-state index contributed by atoms with van der Waals surface area (Å²) in [7, 11) is -3.28. The minimum atomic E-state index is -3.28. The predicted molar refractivity (Wildman–Crippen MR) is 125 cm³/mol. The van der Waals surface area contributed by atoms with Gasteiger partial charge in [0.05, 0.1) is 17.9 Å². The zero-order valence-corrected chi connectivity index (χ0v) is 19.0. The van der Waals surface area contributed by atoms with Crippen LogP contribution in [0.1, 0.15) is 24.0 Å². The molecule has 6 nitrogen and oxygen atoms in total. The number of hydrogen-bond acceptors (Lipinski definition) is 5. The van der Waals surface area contributed by atoms with E-state index < -0.39 is 10.0 Å². The number of piperidine rings is 1. The Bertz CT molecular complexity index is 1140. The molecule has 0 aliphatic carbocycles. The monoisotopic (exact) mass is 455 g/mol. The smallest absolute Gasteiger partial charge is 0.230 e. The lowest BCUT2D eigenvalue weighted by atomic mass is 9.99. The van der Waals surface area contributed by atoms with Gasteiger partial charge in [-0.05, 0) is 30.4 Å². The van der Waals surface area contributed by atoms with E-state index in [1.54, 1.807) is 0 Å². The number of rotatable bonds is 6. The van der Waals surface area contributed by atoms with Crippen molar-refractivity contribution in [3.05, 3.63) is 71.1 Å². The largest absolute Gasteiger partial charge is 0.302 e. The van der Waals surface area contributed by atoms with Crippen LogP contribution in [-0.4, -0.2) is 43.0 Å². The van der Waals surface area contributed by atoms with Gasteiger partial charge < -0.3 is 5.32 Å². The Labute approximate surface area is 187 Å². The van der Waals surface area contributed by atoms with E-state index in [1.165, 1.54) is 33.0 Å². The molecule has 4 rings (SSSR count). The van der Waals surface area contributed by atoms with E-state index in [0.717, 1.165) is 17.7 Å². The third-order valence-corrected chi connectivity index (χ3v) is 7.49. The second kappa shape index (κ2) is 9.30. The fraction of sp³-hybridized carbons (Fsp3) is 0.304. The highest BCUT2D eigenvalue weighted by molar-refractivity contribution is 7.88. The van der Waals surface area contributed by atoms with E-state index >= 15 is 0 Å². The Kier molecular flexibility index (Phi) is 6.50. The molecule has 1 aliphatic rings. The topological polar surface area (TPSA) is 79.4 Å². The quantitative estimate of drug-likeness (QED) is 0.609. The minimum absolute atomic E-state index is 0.174. The standard InChI is InChI=1S/C23H25N3O3S2/c1-31(28,29)26-13-5-8-20(15-26)22(27)25-23-24-21(16-30-23)19-11-9-18(10-12-19)14-17-6-3-2-4-7-17/h2-4,6-7,9-12,16,20H,5,8,13-15H2,1H3,(H,24,25,27)/t20-/m0/s1. The summed E-state index contributed by atoms with van der Waals surface area (Å²) >= 11 is 1.37. The molecule has 1 atom stereocenters. The van der Waals surface area contributed by atoms with Gasteiger partial charge >= 0.3 is 0 Å². The van der Waals surface area contributed by atoms with Crippen molar-refractivity contribution < 1.29 is 13.2 Å². The summed E-state index contributed by atoms with van der Waals surface area (Å²) in [5, 5.41) is 5.32. The summed E-state index contributed by atoms with van der Waals surface area (Å²) in [5.41, 5.74) is 4.31. The van der Waals surface area contributed by atoms with Crippen molar-refractivity contribution in [2.75, 3.05) is 24.7 Å². The van der Waals surface area contributed by atoms with Gasteiger partial charge in [-0.25, -0.2) is 17.7 Å². The average Bonchev–Trinajstić information content (AvgIpc) is 3.23. The summed E-state index contributed by atoms with van der Waals surface area (Å²) in [5.74, 6) is -0.527. The van der Waals surface area contributed by atoms with Crippen LogP contribution < -0.4 is 5.32 Å². The maximum Gasteiger partial charge on any atom is 0.230 e. The van der Waals surface area contributed by atoms with Gasteiger partial charge in [-0.1, -0.05) is 54.6 Å². The molecule has 1 aromatic heterocycles. The molecule has 0 saturated carbocycles. The number of carbonyl (C=O) groups is 1.